The van der Waals surface area contributed by atoms with Gasteiger partial charge < -0.3 is 10.6 Å². The Kier molecular flexibility index (Phi) is 4.28. The van der Waals surface area contributed by atoms with Crippen LogP contribution in [0, 0.1) is 5.82 Å². The topological polar surface area (TPSA) is 58.2 Å². The quantitative estimate of drug-likeness (QED) is 0.854. The van der Waals surface area contributed by atoms with Crippen LogP contribution in [0.4, 0.5) is 15.8 Å². The monoisotopic (exact) mass is 350 g/mol. The SMILES string of the molecule is CC1Sc2ccc(C(=O)Nc3cccc(Cl)c3F)cc2NC1=O. The van der Waals surface area contributed by atoms with E-state index >= 15 is 0 Å². The van der Waals surface area contributed by atoms with Gasteiger partial charge in [0.1, 0.15) is 0 Å². The number of nitrogens with one attached hydrogen (secondary N) is 2. The second-order valence-electron chi connectivity index (χ2n) is 5.02. The lowest BCUT2D eigenvalue weighted by Crippen LogP contribution is -2.26. The molecule has 3 rings (SSSR count). The predicted octanol–water partition coefficient (Wildman–Crippen LogP) is 4.16. The van der Waals surface area contributed by atoms with Crippen LogP contribution in [0.25, 0.3) is 0 Å². The van der Waals surface area contributed by atoms with Crippen LogP contribution < -0.4 is 10.6 Å². The van der Waals surface area contributed by atoms with Crippen LogP contribution in [0.5, 0.6) is 0 Å². The molecule has 7 heteroatoms. The number of halogens is 2. The van der Waals surface area contributed by atoms with Crippen molar-refractivity contribution in [1.82, 2.24) is 0 Å². The van der Waals surface area contributed by atoms with Gasteiger partial charge in [0.15, 0.2) is 5.82 Å². The summed E-state index contributed by atoms with van der Waals surface area (Å²) in [6.07, 6.45) is 0. The first kappa shape index (κ1) is 15.8. The molecule has 1 unspecified atom stereocenters. The Balaban J connectivity index is 1.85. The first-order chi connectivity index (χ1) is 11.0. The number of rotatable bonds is 2. The molecule has 1 atom stereocenters. The van der Waals surface area contributed by atoms with Crippen LogP contribution >= 0.6 is 23.4 Å². The Hall–Kier alpha value is -2.05. The van der Waals surface area contributed by atoms with Gasteiger partial charge in [-0.2, -0.15) is 0 Å². The van der Waals surface area contributed by atoms with E-state index in [4.69, 9.17) is 11.6 Å². The fraction of sp³-hybridized carbons (Fsp3) is 0.125. The van der Waals surface area contributed by atoms with Gasteiger partial charge in [0.05, 0.1) is 21.6 Å². The van der Waals surface area contributed by atoms with Crippen molar-refractivity contribution in [2.75, 3.05) is 10.6 Å². The molecule has 0 aliphatic carbocycles. The number of amides is 2. The van der Waals surface area contributed by atoms with Crippen molar-refractivity contribution >= 4 is 46.6 Å². The molecule has 1 aliphatic rings. The molecule has 0 fully saturated rings. The largest absolute Gasteiger partial charge is 0.324 e. The van der Waals surface area contributed by atoms with Crippen LogP contribution in [0.15, 0.2) is 41.3 Å². The number of fused-ring (bicyclic) bond motifs is 1. The van der Waals surface area contributed by atoms with E-state index in [-0.39, 0.29) is 21.9 Å². The number of benzene rings is 2. The van der Waals surface area contributed by atoms with Gasteiger partial charge in [0.25, 0.3) is 5.91 Å². The normalized spacial score (nSPS) is 16.5. The Labute approximate surface area is 141 Å². The first-order valence-electron chi connectivity index (χ1n) is 6.82. The van der Waals surface area contributed by atoms with Crippen LogP contribution in [0.2, 0.25) is 5.02 Å². The molecule has 1 aliphatic heterocycles. The highest BCUT2D eigenvalue weighted by Gasteiger charge is 2.24. The van der Waals surface area contributed by atoms with Crippen LogP contribution in [0.1, 0.15) is 17.3 Å². The van der Waals surface area contributed by atoms with Gasteiger partial charge in [-0.15, -0.1) is 11.8 Å². The minimum Gasteiger partial charge on any atom is -0.324 e. The fourth-order valence-electron chi connectivity index (χ4n) is 2.14. The van der Waals surface area contributed by atoms with E-state index in [0.717, 1.165) is 4.90 Å². The molecule has 0 spiro atoms. The van der Waals surface area contributed by atoms with Gasteiger partial charge in [-0.05, 0) is 37.3 Å². The number of thioether (sulfide) groups is 1. The smallest absolute Gasteiger partial charge is 0.255 e. The first-order valence-corrected chi connectivity index (χ1v) is 8.08. The fourth-order valence-corrected chi connectivity index (χ4v) is 3.25. The van der Waals surface area contributed by atoms with Crippen molar-refractivity contribution in [3.63, 3.8) is 0 Å². The van der Waals surface area contributed by atoms with Gasteiger partial charge in [0, 0.05) is 10.5 Å². The molecule has 118 valence electrons. The van der Waals surface area contributed by atoms with Gasteiger partial charge in [-0.25, -0.2) is 4.39 Å². The number of carbonyl (C=O) groups is 2. The number of anilines is 2. The number of hydrogen-bond acceptors (Lipinski definition) is 3. The molecule has 1 heterocycles. The molecule has 0 radical (unpaired) electrons. The zero-order valence-corrected chi connectivity index (χ0v) is 13.6. The van der Waals surface area contributed by atoms with Crippen molar-refractivity contribution in [2.45, 2.75) is 17.1 Å². The van der Waals surface area contributed by atoms with Gasteiger partial charge in [0.2, 0.25) is 5.91 Å². The van der Waals surface area contributed by atoms with Crippen molar-refractivity contribution < 1.29 is 14.0 Å². The molecule has 0 saturated heterocycles. The lowest BCUT2D eigenvalue weighted by atomic mass is 10.1. The predicted molar refractivity (Wildman–Crippen MR) is 89.8 cm³/mol. The van der Waals surface area contributed by atoms with E-state index in [1.54, 1.807) is 24.3 Å². The second-order valence-corrected chi connectivity index (χ2v) is 6.81. The minimum absolute atomic E-state index is 0.00672. The average Bonchev–Trinajstić information content (AvgIpc) is 2.52. The third-order valence-corrected chi connectivity index (χ3v) is 4.84. The maximum atomic E-state index is 13.8. The van der Waals surface area contributed by atoms with Gasteiger partial charge in [-0.3, -0.25) is 9.59 Å². The molecule has 23 heavy (non-hydrogen) atoms. The molecule has 2 N–H and O–H groups in total. The molecule has 2 amide bonds. The molecule has 2 aromatic carbocycles. The van der Waals surface area contributed by atoms with E-state index in [0.29, 0.717) is 11.3 Å². The molecule has 0 aromatic heterocycles. The summed E-state index contributed by atoms with van der Waals surface area (Å²) >= 11 is 7.12. The lowest BCUT2D eigenvalue weighted by molar-refractivity contribution is -0.115. The number of hydrogen-bond donors (Lipinski definition) is 2. The van der Waals surface area contributed by atoms with E-state index in [1.807, 2.05) is 6.92 Å². The molecule has 0 bridgehead atoms. The minimum atomic E-state index is -0.682. The van der Waals surface area contributed by atoms with Gasteiger partial charge >= 0.3 is 0 Å². The summed E-state index contributed by atoms with van der Waals surface area (Å²) in [6.45, 7) is 1.81. The molecular weight excluding hydrogens is 339 g/mol. The van der Waals surface area contributed by atoms with Crippen molar-refractivity contribution in [3.8, 4) is 0 Å². The van der Waals surface area contributed by atoms with E-state index in [9.17, 15) is 14.0 Å². The third-order valence-electron chi connectivity index (χ3n) is 3.37. The number of carbonyl (C=O) groups excluding carboxylic acids is 2. The molecule has 2 aromatic rings. The van der Waals surface area contributed by atoms with Crippen molar-refractivity contribution in [2.24, 2.45) is 0 Å². The maximum Gasteiger partial charge on any atom is 0.255 e. The van der Waals surface area contributed by atoms with Crippen molar-refractivity contribution in [1.29, 1.82) is 0 Å². The highest BCUT2D eigenvalue weighted by atomic mass is 35.5. The van der Waals surface area contributed by atoms with Gasteiger partial charge in [-0.1, -0.05) is 17.7 Å². The van der Waals surface area contributed by atoms with E-state index in [2.05, 4.69) is 10.6 Å². The highest BCUT2D eigenvalue weighted by molar-refractivity contribution is 8.00. The van der Waals surface area contributed by atoms with Crippen LogP contribution in [-0.4, -0.2) is 17.1 Å². The second kappa shape index (κ2) is 6.22. The Morgan fingerprint density at radius 3 is 2.91 bits per heavy atom. The Morgan fingerprint density at radius 1 is 1.35 bits per heavy atom. The summed E-state index contributed by atoms with van der Waals surface area (Å²) in [5, 5.41) is 4.99. The third kappa shape index (κ3) is 3.18. The standard InChI is InChI=1S/C16H12ClFN2O2S/c1-8-15(21)20-12-7-9(5-6-13(12)23-8)16(22)19-11-4-2-3-10(17)14(11)18/h2-8H,1H3,(H,19,22)(H,20,21). The summed E-state index contributed by atoms with van der Waals surface area (Å²) in [5.41, 5.74) is 0.906. The summed E-state index contributed by atoms with van der Waals surface area (Å²) in [5.74, 6) is -1.27. The Morgan fingerprint density at radius 2 is 2.13 bits per heavy atom. The molecular formula is C16H12ClFN2O2S. The zero-order valence-electron chi connectivity index (χ0n) is 12.0. The summed E-state index contributed by atoms with van der Waals surface area (Å²) in [4.78, 5) is 24.9. The average molecular weight is 351 g/mol. The summed E-state index contributed by atoms with van der Waals surface area (Å²) in [6, 6.07) is 9.35. The summed E-state index contributed by atoms with van der Waals surface area (Å²) in [7, 11) is 0. The summed E-state index contributed by atoms with van der Waals surface area (Å²) < 4.78 is 13.8. The lowest BCUT2D eigenvalue weighted by Gasteiger charge is -2.21. The maximum absolute atomic E-state index is 13.8. The van der Waals surface area contributed by atoms with Crippen molar-refractivity contribution in [3.05, 3.63) is 52.8 Å². The van der Waals surface area contributed by atoms with E-state index in [1.165, 1.54) is 23.9 Å². The highest BCUT2D eigenvalue weighted by Crippen LogP contribution is 2.36. The molecule has 0 saturated carbocycles. The van der Waals surface area contributed by atoms with Crippen LogP contribution in [0.3, 0.4) is 0 Å². The zero-order chi connectivity index (χ0) is 16.6. The Bertz CT molecular complexity index is 813. The molecule has 4 nitrogen and oxygen atoms in total. The van der Waals surface area contributed by atoms with E-state index < -0.39 is 11.7 Å². The van der Waals surface area contributed by atoms with Crippen LogP contribution in [-0.2, 0) is 4.79 Å².